The number of benzene rings is 1. The number of ketones is 2. The maximum Gasteiger partial charge on any atom is 0.219 e. The average Bonchev–Trinajstić information content (AvgIpc) is 2.78. The number of H-pyrrole nitrogens is 1. The number of hydrogen-bond donors (Lipinski definition) is 1. The summed E-state index contributed by atoms with van der Waals surface area (Å²) >= 11 is 12.0. The molecule has 2 aromatic rings. The van der Waals surface area contributed by atoms with Gasteiger partial charge in [0.1, 0.15) is 10.8 Å². The van der Waals surface area contributed by atoms with E-state index in [2.05, 4.69) is 4.98 Å². The van der Waals surface area contributed by atoms with E-state index in [0.29, 0.717) is 33.3 Å². The second-order valence-electron chi connectivity index (χ2n) is 5.36. The first-order valence-corrected chi connectivity index (χ1v) is 7.84. The van der Waals surface area contributed by atoms with E-state index in [1.807, 2.05) is 0 Å². The number of rotatable bonds is 5. The van der Waals surface area contributed by atoms with E-state index in [1.165, 1.54) is 6.92 Å². The number of halogens is 2. The monoisotopic (exact) mass is 353 g/mol. The summed E-state index contributed by atoms with van der Waals surface area (Å²) in [5, 5.41) is 0.618. The highest BCUT2D eigenvalue weighted by Gasteiger charge is 2.25. The van der Waals surface area contributed by atoms with Crippen molar-refractivity contribution >= 4 is 34.8 Å². The maximum absolute atomic E-state index is 12.6. The zero-order valence-corrected chi connectivity index (χ0v) is 14.8. The fraction of sp³-hybridized carbons (Fsp3) is 0.294. The van der Waals surface area contributed by atoms with Gasteiger partial charge in [-0.1, -0.05) is 29.3 Å². The molecule has 0 unspecified atom stereocenters. The zero-order valence-electron chi connectivity index (χ0n) is 13.3. The van der Waals surface area contributed by atoms with E-state index in [-0.39, 0.29) is 16.6 Å². The van der Waals surface area contributed by atoms with Gasteiger partial charge in [0.15, 0.2) is 11.9 Å². The van der Waals surface area contributed by atoms with Crippen molar-refractivity contribution in [1.82, 2.24) is 4.98 Å². The molecule has 1 aromatic heterocycles. The highest BCUT2D eigenvalue weighted by atomic mass is 35.5. The van der Waals surface area contributed by atoms with Crippen LogP contribution in [0.2, 0.25) is 10.0 Å². The van der Waals surface area contributed by atoms with Crippen LogP contribution in [0, 0.1) is 13.8 Å². The topological polar surface area (TPSA) is 59.2 Å². The van der Waals surface area contributed by atoms with Crippen molar-refractivity contribution in [3.05, 3.63) is 50.8 Å². The van der Waals surface area contributed by atoms with Crippen molar-refractivity contribution < 1.29 is 14.3 Å². The molecule has 0 saturated heterocycles. The van der Waals surface area contributed by atoms with Crippen LogP contribution in [0.1, 0.15) is 46.0 Å². The number of carbonyl (C=O) groups is 2. The van der Waals surface area contributed by atoms with Crippen molar-refractivity contribution in [3.63, 3.8) is 0 Å². The minimum absolute atomic E-state index is 0.0817. The molecule has 2 rings (SSSR count). The van der Waals surface area contributed by atoms with Gasteiger partial charge in [-0.3, -0.25) is 9.59 Å². The highest BCUT2D eigenvalue weighted by molar-refractivity contribution is 6.42. The lowest BCUT2D eigenvalue weighted by Crippen LogP contribution is -2.25. The molecule has 0 aliphatic rings. The lowest BCUT2D eigenvalue weighted by Gasteiger charge is -2.15. The number of ether oxygens (including phenoxy) is 1. The molecule has 0 radical (unpaired) electrons. The standard InChI is InChI=1S/C17H17Cl2NO3/c1-8-14(10(3)21)9(2)20-16(8)17(22)11(4)23-13-7-5-6-12(18)15(13)19/h5-7,11,20H,1-4H3/t11-/m1/s1. The van der Waals surface area contributed by atoms with Crippen LogP contribution in [-0.2, 0) is 0 Å². The fourth-order valence-electron chi connectivity index (χ4n) is 2.55. The summed E-state index contributed by atoms with van der Waals surface area (Å²) in [6.07, 6.45) is -0.775. The number of carbonyl (C=O) groups excluding carboxylic acids is 2. The van der Waals surface area contributed by atoms with Gasteiger partial charge in [0.05, 0.1) is 10.7 Å². The Morgan fingerprint density at radius 2 is 1.87 bits per heavy atom. The number of aromatic nitrogens is 1. The molecule has 0 aliphatic heterocycles. The third-order valence-corrected chi connectivity index (χ3v) is 4.43. The van der Waals surface area contributed by atoms with Crippen LogP contribution in [0.15, 0.2) is 18.2 Å². The SMILES string of the molecule is CC(=O)c1c(C)[nH]c(C(=O)[C@@H](C)Oc2cccc(Cl)c2Cl)c1C. The van der Waals surface area contributed by atoms with E-state index >= 15 is 0 Å². The van der Waals surface area contributed by atoms with Gasteiger partial charge in [-0.25, -0.2) is 0 Å². The van der Waals surface area contributed by atoms with Crippen LogP contribution < -0.4 is 4.74 Å². The summed E-state index contributed by atoms with van der Waals surface area (Å²) in [6, 6.07) is 4.98. The van der Waals surface area contributed by atoms with E-state index in [4.69, 9.17) is 27.9 Å². The van der Waals surface area contributed by atoms with Gasteiger partial charge in [0.25, 0.3) is 0 Å². The average molecular weight is 354 g/mol. The molecular formula is C17H17Cl2NO3. The van der Waals surface area contributed by atoms with Crippen molar-refractivity contribution in [1.29, 1.82) is 0 Å². The van der Waals surface area contributed by atoms with E-state index in [9.17, 15) is 9.59 Å². The molecule has 1 heterocycles. The molecule has 1 atom stereocenters. The normalized spacial score (nSPS) is 12.1. The summed E-state index contributed by atoms with van der Waals surface area (Å²) < 4.78 is 5.64. The van der Waals surface area contributed by atoms with Crippen molar-refractivity contribution in [2.75, 3.05) is 0 Å². The molecule has 0 spiro atoms. The van der Waals surface area contributed by atoms with Crippen LogP contribution in [0.5, 0.6) is 5.75 Å². The van der Waals surface area contributed by atoms with Gasteiger partial charge in [-0.2, -0.15) is 0 Å². The van der Waals surface area contributed by atoms with Crippen molar-refractivity contribution in [3.8, 4) is 5.75 Å². The molecule has 0 fully saturated rings. The van der Waals surface area contributed by atoms with E-state index in [0.717, 1.165) is 0 Å². The minimum Gasteiger partial charge on any atom is -0.481 e. The third-order valence-electron chi connectivity index (χ3n) is 3.63. The summed E-state index contributed by atoms with van der Waals surface area (Å²) in [6.45, 7) is 6.61. The van der Waals surface area contributed by atoms with E-state index < -0.39 is 6.10 Å². The molecule has 122 valence electrons. The smallest absolute Gasteiger partial charge is 0.219 e. The Morgan fingerprint density at radius 3 is 2.43 bits per heavy atom. The lowest BCUT2D eigenvalue weighted by molar-refractivity contribution is 0.0813. The van der Waals surface area contributed by atoms with E-state index in [1.54, 1.807) is 39.0 Å². The summed E-state index contributed by atoms with van der Waals surface area (Å²) in [5.74, 6) is 0.00337. The van der Waals surface area contributed by atoms with Crippen molar-refractivity contribution in [2.24, 2.45) is 0 Å². The molecule has 23 heavy (non-hydrogen) atoms. The Labute approximate surface area is 144 Å². The predicted octanol–water partition coefficient (Wildman–Crippen LogP) is 4.79. The van der Waals surface area contributed by atoms with Gasteiger partial charge in [-0.15, -0.1) is 0 Å². The molecule has 0 amide bonds. The maximum atomic E-state index is 12.6. The molecule has 1 N–H and O–H groups in total. The second-order valence-corrected chi connectivity index (χ2v) is 6.14. The van der Waals surface area contributed by atoms with Gasteiger partial charge in [-0.05, 0) is 45.4 Å². The molecule has 4 nitrogen and oxygen atoms in total. The van der Waals surface area contributed by atoms with Crippen LogP contribution >= 0.6 is 23.2 Å². The third kappa shape index (κ3) is 3.43. The molecule has 1 aromatic carbocycles. The largest absolute Gasteiger partial charge is 0.481 e. The number of Topliss-reactive ketones (excluding diaryl/α,β-unsaturated/α-hetero) is 2. The number of aromatic amines is 1. The van der Waals surface area contributed by atoms with Gasteiger partial charge in [0.2, 0.25) is 5.78 Å². The second kappa shape index (κ2) is 6.77. The zero-order chi connectivity index (χ0) is 17.3. The predicted molar refractivity (Wildman–Crippen MR) is 91.2 cm³/mol. The number of hydrogen-bond acceptors (Lipinski definition) is 3. The van der Waals surface area contributed by atoms with Crippen LogP contribution in [0.4, 0.5) is 0 Å². The Hall–Kier alpha value is -1.78. The first-order chi connectivity index (χ1) is 10.7. The van der Waals surface area contributed by atoms with Crippen molar-refractivity contribution in [2.45, 2.75) is 33.8 Å². The molecular weight excluding hydrogens is 337 g/mol. The van der Waals surface area contributed by atoms with Gasteiger partial charge in [0, 0.05) is 11.3 Å². The first kappa shape index (κ1) is 17.6. The van der Waals surface area contributed by atoms with Crippen LogP contribution in [0.3, 0.4) is 0 Å². The molecule has 0 aliphatic carbocycles. The Bertz CT molecular complexity index is 780. The number of nitrogens with one attached hydrogen (secondary N) is 1. The molecule has 0 bridgehead atoms. The first-order valence-electron chi connectivity index (χ1n) is 7.09. The van der Waals surface area contributed by atoms with Gasteiger partial charge >= 0.3 is 0 Å². The highest BCUT2D eigenvalue weighted by Crippen LogP contribution is 2.32. The summed E-state index contributed by atoms with van der Waals surface area (Å²) in [5.41, 5.74) is 2.22. The molecule has 6 heteroatoms. The summed E-state index contributed by atoms with van der Waals surface area (Å²) in [4.78, 5) is 27.3. The van der Waals surface area contributed by atoms with Crippen LogP contribution in [-0.4, -0.2) is 22.7 Å². The molecule has 0 saturated carbocycles. The fourth-order valence-corrected chi connectivity index (χ4v) is 2.88. The Balaban J connectivity index is 2.29. The lowest BCUT2D eigenvalue weighted by atomic mass is 10.0. The Morgan fingerprint density at radius 1 is 1.22 bits per heavy atom. The quantitative estimate of drug-likeness (QED) is 0.786. The number of aryl methyl sites for hydroxylation is 1. The van der Waals surface area contributed by atoms with Crippen LogP contribution in [0.25, 0.3) is 0 Å². The Kier molecular flexibility index (Phi) is 5.17. The minimum atomic E-state index is -0.775. The van der Waals surface area contributed by atoms with Gasteiger partial charge < -0.3 is 9.72 Å². The summed E-state index contributed by atoms with van der Waals surface area (Å²) in [7, 11) is 0.